The minimum Gasteiger partial charge on any atom is -0.388 e. The second kappa shape index (κ2) is 5.41. The van der Waals surface area contributed by atoms with E-state index in [-0.39, 0.29) is 6.10 Å². The zero-order chi connectivity index (χ0) is 11.4. The Bertz CT molecular complexity index is 317. The summed E-state index contributed by atoms with van der Waals surface area (Å²) in [6, 6.07) is 9.99. The first-order chi connectivity index (χ1) is 7.77. The van der Waals surface area contributed by atoms with Crippen LogP contribution >= 0.6 is 0 Å². The van der Waals surface area contributed by atoms with Gasteiger partial charge in [-0.1, -0.05) is 30.3 Å². The molecule has 0 unspecified atom stereocenters. The molecule has 3 atom stereocenters. The smallest absolute Gasteiger partial charge is 0.115 e. The van der Waals surface area contributed by atoms with E-state index in [1.54, 1.807) is 0 Å². The van der Waals surface area contributed by atoms with Crippen LogP contribution in [0.25, 0.3) is 0 Å². The molecule has 0 amide bonds. The van der Waals surface area contributed by atoms with Crippen LogP contribution in [-0.4, -0.2) is 35.1 Å². The van der Waals surface area contributed by atoms with Crippen molar-refractivity contribution in [2.24, 2.45) is 0 Å². The summed E-state index contributed by atoms with van der Waals surface area (Å²) in [5.74, 6) is 0. The van der Waals surface area contributed by atoms with E-state index in [4.69, 9.17) is 4.74 Å². The highest BCUT2D eigenvalue weighted by atomic mass is 16.5. The third-order valence-electron chi connectivity index (χ3n) is 2.64. The van der Waals surface area contributed by atoms with Gasteiger partial charge in [0, 0.05) is 13.1 Å². The van der Waals surface area contributed by atoms with Gasteiger partial charge < -0.3 is 20.3 Å². The van der Waals surface area contributed by atoms with Gasteiger partial charge >= 0.3 is 0 Å². The average molecular weight is 222 g/mol. The number of hydrogen-bond donors (Lipinski definition) is 3. The van der Waals surface area contributed by atoms with Crippen LogP contribution in [0.3, 0.4) is 0 Å². The maximum atomic E-state index is 9.51. The fourth-order valence-electron chi connectivity index (χ4n) is 1.69. The van der Waals surface area contributed by atoms with Gasteiger partial charge in [-0.25, -0.2) is 0 Å². The number of nitrogens with one attached hydrogen (secondary N) is 1. The summed E-state index contributed by atoms with van der Waals surface area (Å²) < 4.78 is 5.13. The van der Waals surface area contributed by atoms with E-state index in [0.29, 0.717) is 6.54 Å². The van der Waals surface area contributed by atoms with Crippen molar-refractivity contribution in [2.45, 2.75) is 24.9 Å². The summed E-state index contributed by atoms with van der Waals surface area (Å²) in [6.07, 6.45) is -2.06. The van der Waals surface area contributed by atoms with Crippen LogP contribution in [0.5, 0.6) is 0 Å². The lowest BCUT2D eigenvalue weighted by atomic mass is 10.1. The molecule has 16 heavy (non-hydrogen) atoms. The van der Waals surface area contributed by atoms with Crippen LogP contribution < -0.4 is 5.32 Å². The molecule has 3 N–H and O–H groups in total. The fraction of sp³-hybridized carbons (Fsp3) is 0.417. The van der Waals surface area contributed by atoms with Crippen molar-refractivity contribution in [3.8, 4) is 0 Å². The lowest BCUT2D eigenvalue weighted by molar-refractivity contribution is 0.0240. The Morgan fingerprint density at radius 1 is 1.19 bits per heavy atom. The normalized spacial score (nSPS) is 29.5. The van der Waals surface area contributed by atoms with E-state index >= 15 is 0 Å². The van der Waals surface area contributed by atoms with Crippen LogP contribution in [-0.2, 0) is 11.3 Å². The number of aliphatic hydroxyl groups is 2. The number of benzene rings is 1. The molecular weight excluding hydrogens is 206 g/mol. The van der Waals surface area contributed by atoms with E-state index in [1.807, 2.05) is 30.3 Å². The molecule has 2 rings (SSSR count). The maximum Gasteiger partial charge on any atom is 0.115 e. The molecule has 0 spiro atoms. The molecule has 1 fully saturated rings. The minimum absolute atomic E-state index is 0.362. The molecule has 1 aromatic carbocycles. The van der Waals surface area contributed by atoms with Crippen molar-refractivity contribution in [3.63, 3.8) is 0 Å². The van der Waals surface area contributed by atoms with Gasteiger partial charge in [0.1, 0.15) is 18.8 Å². The van der Waals surface area contributed by atoms with Gasteiger partial charge in [0.15, 0.2) is 0 Å². The van der Waals surface area contributed by atoms with Gasteiger partial charge in [-0.15, -0.1) is 0 Å². The molecule has 0 aromatic heterocycles. The van der Waals surface area contributed by atoms with Crippen molar-refractivity contribution in [3.05, 3.63) is 42.5 Å². The van der Waals surface area contributed by atoms with Crippen LogP contribution in [0.15, 0.2) is 30.3 Å². The second-order valence-electron chi connectivity index (χ2n) is 3.91. The molecule has 1 aromatic rings. The summed E-state index contributed by atoms with van der Waals surface area (Å²) >= 11 is 0. The number of aliphatic hydroxyl groups excluding tert-OH is 2. The Hall–Kier alpha value is -0.940. The highest BCUT2D eigenvalue weighted by molar-refractivity contribution is 5.14. The topological polar surface area (TPSA) is 61.7 Å². The van der Waals surface area contributed by atoms with Gasteiger partial charge in [-0.3, -0.25) is 0 Å². The summed E-state index contributed by atoms with van der Waals surface area (Å²) in [7, 11) is 0. The Morgan fingerprint density at radius 2 is 1.94 bits per heavy atom. The van der Waals surface area contributed by atoms with E-state index in [0.717, 1.165) is 6.54 Å². The van der Waals surface area contributed by atoms with Crippen molar-refractivity contribution in [2.75, 3.05) is 6.54 Å². The van der Waals surface area contributed by atoms with Crippen LogP contribution in [0, 0.1) is 6.61 Å². The number of ether oxygens (including phenoxy) is 1. The van der Waals surface area contributed by atoms with Gasteiger partial charge in [0.25, 0.3) is 0 Å². The highest BCUT2D eigenvalue weighted by Gasteiger charge is 2.34. The summed E-state index contributed by atoms with van der Waals surface area (Å²) in [5, 5.41) is 21.9. The molecule has 1 aliphatic heterocycles. The van der Waals surface area contributed by atoms with Crippen molar-refractivity contribution >= 4 is 0 Å². The van der Waals surface area contributed by atoms with Crippen LogP contribution in [0.4, 0.5) is 0 Å². The SMILES string of the molecule is O[C@H]1[C@@H](O)[CH]O[C@@H]1CNCc1ccccc1. The zero-order valence-electron chi connectivity index (χ0n) is 8.91. The Labute approximate surface area is 94.9 Å². The van der Waals surface area contributed by atoms with Crippen molar-refractivity contribution in [1.82, 2.24) is 5.32 Å². The van der Waals surface area contributed by atoms with Crippen molar-refractivity contribution < 1.29 is 14.9 Å². The number of hydrogen-bond acceptors (Lipinski definition) is 4. The Kier molecular flexibility index (Phi) is 3.90. The van der Waals surface area contributed by atoms with Gasteiger partial charge in [-0.05, 0) is 5.56 Å². The van der Waals surface area contributed by atoms with E-state index in [2.05, 4.69) is 5.32 Å². The van der Waals surface area contributed by atoms with E-state index in [9.17, 15) is 10.2 Å². The third kappa shape index (κ3) is 2.80. The first-order valence-corrected chi connectivity index (χ1v) is 5.37. The van der Waals surface area contributed by atoms with Gasteiger partial charge in [0.2, 0.25) is 0 Å². The first kappa shape index (κ1) is 11.5. The molecule has 0 saturated carbocycles. The predicted octanol–water partition coefficient (Wildman–Crippen LogP) is 0.0586. The molecule has 1 aliphatic rings. The molecule has 1 heterocycles. The average Bonchev–Trinajstić information content (AvgIpc) is 2.62. The minimum atomic E-state index is -0.872. The summed E-state index contributed by atoms with van der Waals surface area (Å²) in [4.78, 5) is 0. The second-order valence-corrected chi connectivity index (χ2v) is 3.91. The Morgan fingerprint density at radius 3 is 2.56 bits per heavy atom. The molecule has 0 bridgehead atoms. The molecule has 0 aliphatic carbocycles. The maximum absolute atomic E-state index is 9.51. The van der Waals surface area contributed by atoms with Gasteiger partial charge in [-0.2, -0.15) is 0 Å². The molecule has 87 valence electrons. The van der Waals surface area contributed by atoms with Crippen LogP contribution in [0.2, 0.25) is 0 Å². The fourth-order valence-corrected chi connectivity index (χ4v) is 1.69. The van der Waals surface area contributed by atoms with E-state index < -0.39 is 12.2 Å². The standard InChI is InChI=1S/C12H16NO3/c14-10-8-16-11(12(10)15)7-13-6-9-4-2-1-3-5-9/h1-5,8,10-15H,6-7H2/t10-,11+,12-/m0/s1. The molecule has 1 radical (unpaired) electrons. The lowest BCUT2D eigenvalue weighted by Crippen LogP contribution is -2.37. The summed E-state index contributed by atoms with van der Waals surface area (Å²) in [5.41, 5.74) is 1.18. The largest absolute Gasteiger partial charge is 0.388 e. The molecule has 4 nitrogen and oxygen atoms in total. The summed E-state index contributed by atoms with van der Waals surface area (Å²) in [6.45, 7) is 2.52. The highest BCUT2D eigenvalue weighted by Crippen LogP contribution is 2.16. The Balaban J connectivity index is 1.73. The monoisotopic (exact) mass is 222 g/mol. The lowest BCUT2D eigenvalue weighted by Gasteiger charge is -2.15. The van der Waals surface area contributed by atoms with E-state index in [1.165, 1.54) is 12.2 Å². The zero-order valence-corrected chi connectivity index (χ0v) is 8.91. The first-order valence-electron chi connectivity index (χ1n) is 5.37. The third-order valence-corrected chi connectivity index (χ3v) is 2.64. The number of rotatable bonds is 4. The molecular formula is C12H16NO3. The predicted molar refractivity (Wildman–Crippen MR) is 59.3 cm³/mol. The van der Waals surface area contributed by atoms with Crippen LogP contribution in [0.1, 0.15) is 5.56 Å². The van der Waals surface area contributed by atoms with Crippen molar-refractivity contribution in [1.29, 1.82) is 0 Å². The quantitative estimate of drug-likeness (QED) is 0.674. The van der Waals surface area contributed by atoms with Gasteiger partial charge in [0.05, 0.1) is 6.10 Å². The molecule has 1 saturated heterocycles. The molecule has 4 heteroatoms.